The predicted molar refractivity (Wildman–Crippen MR) is 58.9 cm³/mol. The van der Waals surface area contributed by atoms with Gasteiger partial charge in [-0.2, -0.15) is 0 Å². The summed E-state index contributed by atoms with van der Waals surface area (Å²) >= 11 is 0. The molecule has 78 valence electrons. The van der Waals surface area contributed by atoms with E-state index in [4.69, 9.17) is 0 Å². The smallest absolute Gasteiger partial charge is 0.00177 e. The van der Waals surface area contributed by atoms with Gasteiger partial charge in [0, 0.05) is 13.1 Å². The monoisotopic (exact) mass is 183 g/mol. The van der Waals surface area contributed by atoms with Crippen LogP contribution in [0.4, 0.5) is 0 Å². The van der Waals surface area contributed by atoms with E-state index in [2.05, 4.69) is 26.1 Å². The number of nitrogens with one attached hydrogen (secondary N) is 1. The lowest BCUT2D eigenvalue weighted by atomic mass is 9.74. The molecule has 0 saturated carbocycles. The first-order valence-electron chi connectivity index (χ1n) is 5.91. The van der Waals surface area contributed by atoms with E-state index in [0.29, 0.717) is 5.41 Å². The van der Waals surface area contributed by atoms with E-state index in [9.17, 15) is 0 Å². The van der Waals surface area contributed by atoms with Gasteiger partial charge < -0.3 is 5.32 Å². The maximum Gasteiger partial charge on any atom is 0.00177 e. The van der Waals surface area contributed by atoms with E-state index < -0.39 is 0 Å². The van der Waals surface area contributed by atoms with Gasteiger partial charge in [0.25, 0.3) is 0 Å². The van der Waals surface area contributed by atoms with Crippen molar-refractivity contribution in [2.24, 2.45) is 11.3 Å². The summed E-state index contributed by atoms with van der Waals surface area (Å²) in [6.45, 7) is 9.55. The largest absolute Gasteiger partial charge is 0.316 e. The third kappa shape index (κ3) is 3.30. The van der Waals surface area contributed by atoms with Gasteiger partial charge in [0.05, 0.1) is 0 Å². The fourth-order valence-electron chi connectivity index (χ4n) is 2.34. The normalized spacial score (nSPS) is 22.4. The standard InChI is InChI=1S/C12H25N/c1-4-6-7-11(5-2)8-12(3)9-13-10-12/h11,13H,4-10H2,1-3H3. The number of hydrogen-bond acceptors (Lipinski definition) is 1. The zero-order valence-corrected chi connectivity index (χ0v) is 9.53. The fourth-order valence-corrected chi connectivity index (χ4v) is 2.34. The molecule has 1 unspecified atom stereocenters. The van der Waals surface area contributed by atoms with Gasteiger partial charge in [-0.15, -0.1) is 0 Å². The first-order valence-corrected chi connectivity index (χ1v) is 5.91. The van der Waals surface area contributed by atoms with Crippen LogP contribution in [0.3, 0.4) is 0 Å². The number of hydrogen-bond donors (Lipinski definition) is 1. The summed E-state index contributed by atoms with van der Waals surface area (Å²) in [7, 11) is 0. The first-order chi connectivity index (χ1) is 6.20. The van der Waals surface area contributed by atoms with Gasteiger partial charge in [0.2, 0.25) is 0 Å². The average Bonchev–Trinajstić information content (AvgIpc) is 2.09. The molecule has 0 bridgehead atoms. The van der Waals surface area contributed by atoms with Crippen LogP contribution in [0.1, 0.15) is 52.9 Å². The second-order valence-electron chi connectivity index (χ2n) is 5.03. The Morgan fingerprint density at radius 1 is 1.31 bits per heavy atom. The van der Waals surface area contributed by atoms with Crippen LogP contribution in [-0.2, 0) is 0 Å². The average molecular weight is 183 g/mol. The molecule has 1 aliphatic rings. The summed E-state index contributed by atoms with van der Waals surface area (Å²) in [6.07, 6.45) is 7.03. The molecule has 1 aliphatic heterocycles. The molecule has 1 saturated heterocycles. The topological polar surface area (TPSA) is 12.0 Å². The van der Waals surface area contributed by atoms with Gasteiger partial charge >= 0.3 is 0 Å². The maximum atomic E-state index is 3.39. The van der Waals surface area contributed by atoms with Crippen LogP contribution in [0.2, 0.25) is 0 Å². The van der Waals surface area contributed by atoms with Gasteiger partial charge in [-0.25, -0.2) is 0 Å². The van der Waals surface area contributed by atoms with Crippen molar-refractivity contribution in [1.29, 1.82) is 0 Å². The first kappa shape index (κ1) is 11.0. The maximum absolute atomic E-state index is 3.39. The van der Waals surface area contributed by atoms with Crippen molar-refractivity contribution in [2.45, 2.75) is 52.9 Å². The lowest BCUT2D eigenvalue weighted by Crippen LogP contribution is -2.52. The minimum atomic E-state index is 0.633. The van der Waals surface area contributed by atoms with E-state index in [1.807, 2.05) is 0 Å². The van der Waals surface area contributed by atoms with Gasteiger partial charge in [-0.3, -0.25) is 0 Å². The van der Waals surface area contributed by atoms with Crippen LogP contribution < -0.4 is 5.32 Å². The highest BCUT2D eigenvalue weighted by molar-refractivity contribution is 4.89. The Balaban J connectivity index is 2.22. The Kier molecular flexibility index (Phi) is 4.24. The molecule has 1 nitrogen and oxygen atoms in total. The molecular formula is C12H25N. The third-order valence-electron chi connectivity index (χ3n) is 3.43. The van der Waals surface area contributed by atoms with Crippen LogP contribution >= 0.6 is 0 Å². The molecule has 0 aromatic rings. The summed E-state index contributed by atoms with van der Waals surface area (Å²) in [6, 6.07) is 0. The predicted octanol–water partition coefficient (Wildman–Crippen LogP) is 3.20. The SMILES string of the molecule is CCCCC(CC)CC1(C)CNC1. The van der Waals surface area contributed by atoms with Crippen LogP contribution in [0, 0.1) is 11.3 Å². The molecule has 0 aromatic carbocycles. The van der Waals surface area contributed by atoms with E-state index in [0.717, 1.165) is 5.92 Å². The van der Waals surface area contributed by atoms with E-state index in [1.54, 1.807) is 0 Å². The summed E-state index contributed by atoms with van der Waals surface area (Å²) in [5, 5.41) is 3.39. The van der Waals surface area contributed by atoms with Crippen molar-refractivity contribution in [3.63, 3.8) is 0 Å². The van der Waals surface area contributed by atoms with Crippen LogP contribution in [0.5, 0.6) is 0 Å². The number of rotatable bonds is 6. The third-order valence-corrected chi connectivity index (χ3v) is 3.43. The molecule has 1 atom stereocenters. The Morgan fingerprint density at radius 2 is 2.00 bits per heavy atom. The molecule has 0 aliphatic carbocycles. The van der Waals surface area contributed by atoms with Crippen molar-refractivity contribution in [1.82, 2.24) is 5.32 Å². The van der Waals surface area contributed by atoms with Gasteiger partial charge in [0.1, 0.15) is 0 Å². The minimum absolute atomic E-state index is 0.633. The Bertz CT molecular complexity index is 138. The minimum Gasteiger partial charge on any atom is -0.316 e. The molecular weight excluding hydrogens is 158 g/mol. The van der Waals surface area contributed by atoms with E-state index >= 15 is 0 Å². The molecule has 1 rings (SSSR count). The number of unbranched alkanes of at least 4 members (excludes halogenated alkanes) is 1. The van der Waals surface area contributed by atoms with Crippen molar-refractivity contribution < 1.29 is 0 Å². The molecule has 0 radical (unpaired) electrons. The highest BCUT2D eigenvalue weighted by Crippen LogP contribution is 2.33. The van der Waals surface area contributed by atoms with Gasteiger partial charge in [-0.1, -0.05) is 46.5 Å². The molecule has 1 fully saturated rings. The second kappa shape index (κ2) is 4.99. The Hall–Kier alpha value is -0.0400. The molecule has 0 amide bonds. The van der Waals surface area contributed by atoms with Crippen LogP contribution in [0.25, 0.3) is 0 Å². The molecule has 1 N–H and O–H groups in total. The van der Waals surface area contributed by atoms with Crippen LogP contribution in [-0.4, -0.2) is 13.1 Å². The molecule has 0 spiro atoms. The van der Waals surface area contributed by atoms with E-state index in [1.165, 1.54) is 45.2 Å². The van der Waals surface area contributed by atoms with Gasteiger partial charge in [0.15, 0.2) is 0 Å². The molecule has 1 heterocycles. The lowest BCUT2D eigenvalue weighted by molar-refractivity contribution is 0.140. The molecule has 1 heteroatoms. The summed E-state index contributed by atoms with van der Waals surface area (Å²) in [5.74, 6) is 0.979. The zero-order valence-electron chi connectivity index (χ0n) is 9.53. The summed E-state index contributed by atoms with van der Waals surface area (Å²) < 4.78 is 0. The fraction of sp³-hybridized carbons (Fsp3) is 1.00. The Labute approximate surface area is 83.3 Å². The zero-order chi connectivity index (χ0) is 9.73. The molecule has 13 heavy (non-hydrogen) atoms. The quantitative estimate of drug-likeness (QED) is 0.667. The van der Waals surface area contributed by atoms with Crippen molar-refractivity contribution in [3.05, 3.63) is 0 Å². The highest BCUT2D eigenvalue weighted by atomic mass is 15.0. The summed E-state index contributed by atoms with van der Waals surface area (Å²) in [4.78, 5) is 0. The lowest BCUT2D eigenvalue weighted by Gasteiger charge is -2.41. The van der Waals surface area contributed by atoms with Crippen LogP contribution in [0.15, 0.2) is 0 Å². The highest BCUT2D eigenvalue weighted by Gasteiger charge is 2.33. The summed E-state index contributed by atoms with van der Waals surface area (Å²) in [5.41, 5.74) is 0.633. The second-order valence-corrected chi connectivity index (χ2v) is 5.03. The van der Waals surface area contributed by atoms with Crippen molar-refractivity contribution in [3.8, 4) is 0 Å². The Morgan fingerprint density at radius 3 is 2.38 bits per heavy atom. The van der Waals surface area contributed by atoms with Crippen molar-refractivity contribution >= 4 is 0 Å². The van der Waals surface area contributed by atoms with Crippen molar-refractivity contribution in [2.75, 3.05) is 13.1 Å². The molecule has 0 aromatic heterocycles. The van der Waals surface area contributed by atoms with E-state index in [-0.39, 0.29) is 0 Å². The van der Waals surface area contributed by atoms with Gasteiger partial charge in [-0.05, 0) is 17.8 Å².